The van der Waals surface area contributed by atoms with E-state index >= 15 is 0 Å². The van der Waals surface area contributed by atoms with Crippen LogP contribution in [0, 0.1) is 19.7 Å². The van der Waals surface area contributed by atoms with Gasteiger partial charge >= 0.3 is 0 Å². The molecule has 0 amide bonds. The van der Waals surface area contributed by atoms with Crippen LogP contribution in [0.1, 0.15) is 33.6 Å². The molecule has 0 saturated carbocycles. The molecule has 0 unspecified atom stereocenters. The van der Waals surface area contributed by atoms with Crippen molar-refractivity contribution < 1.29 is 9.13 Å². The largest absolute Gasteiger partial charge is 0.479 e. The second-order valence-corrected chi connectivity index (χ2v) is 7.28. The number of aromatic amines is 1. The molecule has 0 aromatic carbocycles. The van der Waals surface area contributed by atoms with Gasteiger partial charge < -0.3 is 9.72 Å². The lowest BCUT2D eigenvalue weighted by Crippen LogP contribution is -2.01. The van der Waals surface area contributed by atoms with Gasteiger partial charge in [-0.25, -0.2) is 14.4 Å². The number of nitrogens with zero attached hydrogens (tertiary/aromatic N) is 3. The number of ether oxygens (including phenoxy) is 1. The summed E-state index contributed by atoms with van der Waals surface area (Å²) >= 11 is 0. The first-order chi connectivity index (χ1) is 14.0. The summed E-state index contributed by atoms with van der Waals surface area (Å²) in [5.74, 6) is -0.414. The topological polar surface area (TPSA) is 63.7 Å². The molecule has 0 spiro atoms. The monoisotopic (exact) mass is 390 g/mol. The Bertz CT molecular complexity index is 1170. The number of aromatic nitrogens is 4. The van der Waals surface area contributed by atoms with Gasteiger partial charge in [0.15, 0.2) is 5.82 Å². The molecule has 4 rings (SSSR count). The molecule has 0 aliphatic heterocycles. The third-order valence-corrected chi connectivity index (χ3v) is 5.11. The summed E-state index contributed by atoms with van der Waals surface area (Å²) in [5.41, 5.74) is 7.28. The maximum atomic E-state index is 13.8. The quantitative estimate of drug-likeness (QED) is 0.527. The Hall–Kier alpha value is -3.28. The van der Waals surface area contributed by atoms with Crippen molar-refractivity contribution in [2.45, 2.75) is 33.1 Å². The summed E-state index contributed by atoms with van der Waals surface area (Å²) in [6.45, 7) is 4.08. The molecular weight excluding hydrogens is 367 g/mol. The van der Waals surface area contributed by atoms with Gasteiger partial charge in [0.2, 0.25) is 5.88 Å². The molecule has 0 saturated heterocycles. The first kappa shape index (κ1) is 19.1. The van der Waals surface area contributed by atoms with E-state index in [4.69, 9.17) is 9.72 Å². The fourth-order valence-corrected chi connectivity index (χ4v) is 3.51. The molecule has 148 valence electrons. The molecule has 6 heteroatoms. The third-order valence-electron chi connectivity index (χ3n) is 5.11. The molecule has 29 heavy (non-hydrogen) atoms. The molecular formula is C23H23FN4O. The van der Waals surface area contributed by atoms with Crippen molar-refractivity contribution in [1.29, 1.82) is 0 Å². The molecule has 4 heterocycles. The number of aryl methyl sites for hydroxylation is 4. The van der Waals surface area contributed by atoms with E-state index in [1.165, 1.54) is 24.3 Å². The maximum absolute atomic E-state index is 13.8. The fraction of sp³-hybridized carbons (Fsp3) is 0.261. The molecule has 5 nitrogen and oxygen atoms in total. The van der Waals surface area contributed by atoms with Crippen LogP contribution in [-0.4, -0.2) is 27.0 Å². The number of rotatable bonds is 6. The summed E-state index contributed by atoms with van der Waals surface area (Å²) in [6.07, 6.45) is 7.75. The second-order valence-electron chi connectivity index (χ2n) is 7.28. The van der Waals surface area contributed by atoms with Crippen LogP contribution in [0.5, 0.6) is 5.88 Å². The van der Waals surface area contributed by atoms with Crippen LogP contribution >= 0.6 is 0 Å². The highest BCUT2D eigenvalue weighted by atomic mass is 19.1. The Labute approximate surface area is 169 Å². The third kappa shape index (κ3) is 4.11. The first-order valence-corrected chi connectivity index (χ1v) is 9.60. The smallest absolute Gasteiger partial charge is 0.250 e. The van der Waals surface area contributed by atoms with Gasteiger partial charge in [0, 0.05) is 41.8 Å². The van der Waals surface area contributed by atoms with Crippen molar-refractivity contribution in [3.05, 3.63) is 82.3 Å². The van der Waals surface area contributed by atoms with Crippen LogP contribution in [0.2, 0.25) is 0 Å². The SMILES string of the molecule is COc1ncc(CCc2ccc(Cc3c[nH]c4ncc(C)cc34)c(C)n2)cc1F. The number of H-pyrrole nitrogens is 1. The average Bonchev–Trinajstić information content (AvgIpc) is 3.10. The fourth-order valence-electron chi connectivity index (χ4n) is 3.51. The van der Waals surface area contributed by atoms with Crippen molar-refractivity contribution in [3.8, 4) is 5.88 Å². The number of hydrogen-bond acceptors (Lipinski definition) is 4. The van der Waals surface area contributed by atoms with E-state index in [0.717, 1.165) is 46.4 Å². The number of halogens is 1. The van der Waals surface area contributed by atoms with Crippen LogP contribution in [0.4, 0.5) is 4.39 Å². The highest BCUT2D eigenvalue weighted by molar-refractivity contribution is 5.80. The maximum Gasteiger partial charge on any atom is 0.250 e. The Morgan fingerprint density at radius 1 is 1.03 bits per heavy atom. The van der Waals surface area contributed by atoms with E-state index < -0.39 is 5.82 Å². The average molecular weight is 390 g/mol. The van der Waals surface area contributed by atoms with Crippen molar-refractivity contribution in [1.82, 2.24) is 19.9 Å². The second kappa shape index (κ2) is 7.99. The van der Waals surface area contributed by atoms with E-state index in [-0.39, 0.29) is 5.88 Å². The molecule has 1 N–H and O–H groups in total. The number of fused-ring (bicyclic) bond motifs is 1. The van der Waals surface area contributed by atoms with E-state index in [2.05, 4.69) is 34.0 Å². The van der Waals surface area contributed by atoms with Crippen LogP contribution in [0.15, 0.2) is 42.9 Å². The van der Waals surface area contributed by atoms with Crippen molar-refractivity contribution in [2.75, 3.05) is 7.11 Å². The predicted octanol–water partition coefficient (Wildman–Crippen LogP) is 4.49. The summed E-state index contributed by atoms with van der Waals surface area (Å²) in [4.78, 5) is 16.4. The Morgan fingerprint density at radius 3 is 2.66 bits per heavy atom. The zero-order valence-corrected chi connectivity index (χ0v) is 16.8. The zero-order valence-electron chi connectivity index (χ0n) is 16.8. The summed E-state index contributed by atoms with van der Waals surface area (Å²) in [5, 5.41) is 1.16. The van der Waals surface area contributed by atoms with Crippen LogP contribution in [0.3, 0.4) is 0 Å². The molecule has 0 radical (unpaired) electrons. The first-order valence-electron chi connectivity index (χ1n) is 9.60. The molecule has 4 aromatic heterocycles. The van der Waals surface area contributed by atoms with Gasteiger partial charge in [-0.2, -0.15) is 0 Å². The van der Waals surface area contributed by atoms with E-state index in [1.807, 2.05) is 25.4 Å². The zero-order chi connectivity index (χ0) is 20.4. The minimum atomic E-state index is -0.437. The minimum absolute atomic E-state index is 0.0229. The van der Waals surface area contributed by atoms with E-state index in [1.54, 1.807) is 6.20 Å². The van der Waals surface area contributed by atoms with Gasteiger partial charge in [0.05, 0.1) is 7.11 Å². The predicted molar refractivity (Wildman–Crippen MR) is 111 cm³/mol. The van der Waals surface area contributed by atoms with Gasteiger partial charge in [-0.3, -0.25) is 4.98 Å². The summed E-state index contributed by atoms with van der Waals surface area (Å²) in [6, 6.07) is 7.81. The normalized spacial score (nSPS) is 11.2. The lowest BCUT2D eigenvalue weighted by atomic mass is 10.0. The van der Waals surface area contributed by atoms with E-state index in [0.29, 0.717) is 6.42 Å². The lowest BCUT2D eigenvalue weighted by molar-refractivity contribution is 0.368. The number of methoxy groups -OCH3 is 1. The van der Waals surface area contributed by atoms with Crippen LogP contribution < -0.4 is 4.74 Å². The molecule has 0 aliphatic carbocycles. The van der Waals surface area contributed by atoms with Crippen LogP contribution in [-0.2, 0) is 19.3 Å². The van der Waals surface area contributed by atoms with E-state index in [9.17, 15) is 4.39 Å². The highest BCUT2D eigenvalue weighted by Crippen LogP contribution is 2.22. The van der Waals surface area contributed by atoms with Gasteiger partial charge in [-0.1, -0.05) is 6.07 Å². The Kier molecular flexibility index (Phi) is 5.25. The standard InChI is InChI=1S/C23H23FN4O/c1-14-8-20-18(13-26-22(20)25-11-14)10-17-5-7-19(28-15(17)2)6-4-16-9-21(24)23(29-3)27-12-16/h5,7-9,11-13H,4,6,10H2,1-3H3,(H,25,26). The Balaban J connectivity index is 1.47. The van der Waals surface area contributed by atoms with Crippen LogP contribution in [0.25, 0.3) is 11.0 Å². The van der Waals surface area contributed by atoms with Crippen molar-refractivity contribution in [2.24, 2.45) is 0 Å². The molecule has 0 atom stereocenters. The van der Waals surface area contributed by atoms with Crippen molar-refractivity contribution in [3.63, 3.8) is 0 Å². The summed E-state index contributed by atoms with van der Waals surface area (Å²) < 4.78 is 18.7. The minimum Gasteiger partial charge on any atom is -0.479 e. The van der Waals surface area contributed by atoms with Gasteiger partial charge in [0.25, 0.3) is 0 Å². The molecule has 0 aliphatic rings. The van der Waals surface area contributed by atoms with Gasteiger partial charge in [-0.15, -0.1) is 0 Å². The Morgan fingerprint density at radius 2 is 1.90 bits per heavy atom. The lowest BCUT2D eigenvalue weighted by Gasteiger charge is -2.08. The molecule has 4 aromatic rings. The van der Waals surface area contributed by atoms with Crippen molar-refractivity contribution >= 4 is 11.0 Å². The van der Waals surface area contributed by atoms with Gasteiger partial charge in [0.1, 0.15) is 5.65 Å². The summed E-state index contributed by atoms with van der Waals surface area (Å²) in [7, 11) is 1.41. The number of pyridine rings is 3. The molecule has 0 fully saturated rings. The number of nitrogens with one attached hydrogen (secondary N) is 1. The van der Waals surface area contributed by atoms with Gasteiger partial charge in [-0.05, 0) is 67.1 Å². The number of hydrogen-bond donors (Lipinski definition) is 1. The molecule has 0 bridgehead atoms. The highest BCUT2D eigenvalue weighted by Gasteiger charge is 2.10.